The number of halogens is 2. The van der Waals surface area contributed by atoms with Gasteiger partial charge in [0.25, 0.3) is 0 Å². The van der Waals surface area contributed by atoms with Crippen molar-refractivity contribution in [3.8, 4) is 6.07 Å². The molecule has 0 aliphatic carbocycles. The number of benzene rings is 2. The van der Waals surface area contributed by atoms with Crippen molar-refractivity contribution in [3.05, 3.63) is 63.9 Å². The molecule has 2 aromatic carbocycles. The molecule has 0 unspecified atom stereocenters. The van der Waals surface area contributed by atoms with E-state index >= 15 is 0 Å². The molecule has 0 atom stereocenters. The van der Waals surface area contributed by atoms with Gasteiger partial charge in [0.05, 0.1) is 10.6 Å². The minimum Gasteiger partial charge on any atom is -0.381 e. The summed E-state index contributed by atoms with van der Waals surface area (Å²) in [5.41, 5.74) is 3.10. The largest absolute Gasteiger partial charge is 0.381 e. The van der Waals surface area contributed by atoms with E-state index in [-0.39, 0.29) is 5.82 Å². The number of nitrogens with one attached hydrogen (secondary N) is 1. The minimum atomic E-state index is -0.253. The van der Waals surface area contributed by atoms with Crippen molar-refractivity contribution in [2.24, 2.45) is 0 Å². The highest BCUT2D eigenvalue weighted by Crippen LogP contribution is 2.20. The number of hydrogen-bond acceptors (Lipinski definition) is 2. The number of aryl methyl sites for hydroxylation is 1. The van der Waals surface area contributed by atoms with Crippen LogP contribution in [0.3, 0.4) is 0 Å². The molecule has 96 valence electrons. The number of rotatable bonds is 3. The molecule has 0 radical (unpaired) electrons. The van der Waals surface area contributed by atoms with Crippen molar-refractivity contribution in [1.82, 2.24) is 0 Å². The zero-order valence-corrected chi connectivity index (χ0v) is 11.1. The molecule has 1 N–H and O–H groups in total. The molecule has 0 saturated carbocycles. The Balaban J connectivity index is 2.15. The first kappa shape index (κ1) is 13.4. The van der Waals surface area contributed by atoms with E-state index in [1.165, 1.54) is 12.1 Å². The second-order valence-corrected chi connectivity index (χ2v) is 4.64. The summed E-state index contributed by atoms with van der Waals surface area (Å²) in [5, 5.41) is 12.5. The monoisotopic (exact) mass is 274 g/mol. The maximum Gasteiger partial charge on any atom is 0.123 e. The highest BCUT2D eigenvalue weighted by molar-refractivity contribution is 6.31. The summed E-state index contributed by atoms with van der Waals surface area (Å²) in [6.45, 7) is 2.43. The lowest BCUT2D eigenvalue weighted by Gasteiger charge is -2.10. The summed E-state index contributed by atoms with van der Waals surface area (Å²) in [4.78, 5) is 0. The molecule has 0 aliphatic heterocycles. The topological polar surface area (TPSA) is 35.8 Å². The lowest BCUT2D eigenvalue weighted by atomic mass is 10.1. The molecule has 2 rings (SSSR count). The predicted octanol–water partition coefficient (Wildman–Crippen LogP) is 4.27. The average Bonchev–Trinajstić information content (AvgIpc) is 2.41. The normalized spacial score (nSPS) is 10.0. The summed E-state index contributed by atoms with van der Waals surface area (Å²) < 4.78 is 13.2. The summed E-state index contributed by atoms with van der Waals surface area (Å²) in [5.74, 6) is -0.253. The van der Waals surface area contributed by atoms with Gasteiger partial charge in [-0.25, -0.2) is 4.39 Å². The van der Waals surface area contributed by atoms with Crippen LogP contribution in [0.1, 0.15) is 16.7 Å². The Bertz CT molecular complexity index is 647. The van der Waals surface area contributed by atoms with Crippen LogP contribution in [0, 0.1) is 24.1 Å². The quantitative estimate of drug-likeness (QED) is 0.907. The summed E-state index contributed by atoms with van der Waals surface area (Å²) >= 11 is 5.86. The third-order valence-corrected chi connectivity index (χ3v) is 3.21. The minimum absolute atomic E-state index is 0.253. The van der Waals surface area contributed by atoms with E-state index < -0.39 is 0 Å². The molecule has 0 spiro atoms. The van der Waals surface area contributed by atoms with Gasteiger partial charge in [-0.1, -0.05) is 17.7 Å². The van der Waals surface area contributed by atoms with Crippen molar-refractivity contribution >= 4 is 17.3 Å². The van der Waals surface area contributed by atoms with Gasteiger partial charge in [-0.15, -0.1) is 0 Å². The fraction of sp³-hybridized carbons (Fsp3) is 0.133. The van der Waals surface area contributed by atoms with Crippen LogP contribution in [-0.4, -0.2) is 0 Å². The zero-order valence-electron chi connectivity index (χ0n) is 10.4. The Morgan fingerprint density at radius 3 is 2.79 bits per heavy atom. The van der Waals surface area contributed by atoms with Crippen LogP contribution < -0.4 is 5.32 Å². The van der Waals surface area contributed by atoms with Crippen LogP contribution in [0.4, 0.5) is 10.1 Å². The van der Waals surface area contributed by atoms with E-state index in [0.717, 1.165) is 16.8 Å². The van der Waals surface area contributed by atoms with E-state index in [2.05, 4.69) is 5.32 Å². The standard InChI is InChI=1S/C15H12ClFN2/c1-10-2-3-13(17)6-12(10)9-19-14-4-5-15(16)11(7-14)8-18/h2-7,19H,9H2,1H3. The Hall–Kier alpha value is -2.05. The van der Waals surface area contributed by atoms with Gasteiger partial charge in [0, 0.05) is 12.2 Å². The fourth-order valence-electron chi connectivity index (χ4n) is 1.75. The highest BCUT2D eigenvalue weighted by atomic mass is 35.5. The van der Waals surface area contributed by atoms with Gasteiger partial charge in [0.15, 0.2) is 0 Å². The molecular weight excluding hydrogens is 263 g/mol. The Morgan fingerprint density at radius 2 is 2.05 bits per heavy atom. The number of nitriles is 1. The van der Waals surface area contributed by atoms with Crippen LogP contribution in [0.25, 0.3) is 0 Å². The molecular formula is C15H12ClFN2. The molecule has 0 heterocycles. The van der Waals surface area contributed by atoms with Gasteiger partial charge in [0.2, 0.25) is 0 Å². The van der Waals surface area contributed by atoms with Crippen molar-refractivity contribution in [3.63, 3.8) is 0 Å². The summed E-state index contributed by atoms with van der Waals surface area (Å²) in [6.07, 6.45) is 0. The number of anilines is 1. The predicted molar refractivity (Wildman–Crippen MR) is 74.6 cm³/mol. The average molecular weight is 275 g/mol. The van der Waals surface area contributed by atoms with E-state index in [4.69, 9.17) is 16.9 Å². The lowest BCUT2D eigenvalue weighted by molar-refractivity contribution is 0.625. The van der Waals surface area contributed by atoms with Gasteiger partial charge in [-0.2, -0.15) is 5.26 Å². The smallest absolute Gasteiger partial charge is 0.123 e. The molecule has 0 aliphatic rings. The lowest BCUT2D eigenvalue weighted by Crippen LogP contribution is -2.02. The van der Waals surface area contributed by atoms with E-state index in [1.807, 2.05) is 13.0 Å². The molecule has 0 bridgehead atoms. The van der Waals surface area contributed by atoms with Crippen LogP contribution in [0.2, 0.25) is 5.02 Å². The van der Waals surface area contributed by atoms with Gasteiger partial charge in [-0.05, 0) is 48.4 Å². The van der Waals surface area contributed by atoms with Gasteiger partial charge in [-0.3, -0.25) is 0 Å². The second-order valence-electron chi connectivity index (χ2n) is 4.23. The maximum absolute atomic E-state index is 13.2. The van der Waals surface area contributed by atoms with Gasteiger partial charge < -0.3 is 5.32 Å². The van der Waals surface area contributed by atoms with E-state index in [9.17, 15) is 4.39 Å². The third kappa shape index (κ3) is 3.24. The van der Waals surface area contributed by atoms with Crippen molar-refractivity contribution < 1.29 is 4.39 Å². The zero-order chi connectivity index (χ0) is 13.8. The molecule has 0 amide bonds. The van der Waals surface area contributed by atoms with Crippen LogP contribution in [0.5, 0.6) is 0 Å². The first-order chi connectivity index (χ1) is 9.10. The molecule has 0 aromatic heterocycles. The van der Waals surface area contributed by atoms with Gasteiger partial charge in [0.1, 0.15) is 11.9 Å². The SMILES string of the molecule is Cc1ccc(F)cc1CNc1ccc(Cl)c(C#N)c1. The van der Waals surface area contributed by atoms with Crippen LogP contribution in [0.15, 0.2) is 36.4 Å². The number of hydrogen-bond donors (Lipinski definition) is 1. The molecule has 2 nitrogen and oxygen atoms in total. The Kier molecular flexibility index (Phi) is 4.03. The van der Waals surface area contributed by atoms with E-state index in [0.29, 0.717) is 17.1 Å². The van der Waals surface area contributed by atoms with Crippen molar-refractivity contribution in [2.45, 2.75) is 13.5 Å². The number of nitrogens with zero attached hydrogens (tertiary/aromatic N) is 1. The maximum atomic E-state index is 13.2. The van der Waals surface area contributed by atoms with E-state index in [1.54, 1.807) is 24.3 Å². The van der Waals surface area contributed by atoms with Crippen LogP contribution >= 0.6 is 11.6 Å². The second kappa shape index (κ2) is 5.73. The van der Waals surface area contributed by atoms with Crippen LogP contribution in [-0.2, 0) is 6.54 Å². The Morgan fingerprint density at radius 1 is 1.26 bits per heavy atom. The molecule has 0 saturated heterocycles. The Labute approximate surface area is 116 Å². The first-order valence-corrected chi connectivity index (χ1v) is 6.16. The fourth-order valence-corrected chi connectivity index (χ4v) is 1.91. The molecule has 19 heavy (non-hydrogen) atoms. The summed E-state index contributed by atoms with van der Waals surface area (Å²) in [6, 6.07) is 11.8. The molecule has 4 heteroatoms. The van der Waals surface area contributed by atoms with Crippen molar-refractivity contribution in [2.75, 3.05) is 5.32 Å². The summed E-state index contributed by atoms with van der Waals surface area (Å²) in [7, 11) is 0. The molecule has 0 fully saturated rings. The first-order valence-electron chi connectivity index (χ1n) is 5.78. The third-order valence-electron chi connectivity index (χ3n) is 2.88. The van der Waals surface area contributed by atoms with Crippen molar-refractivity contribution in [1.29, 1.82) is 5.26 Å². The molecule has 2 aromatic rings. The highest BCUT2D eigenvalue weighted by Gasteiger charge is 2.03. The van der Waals surface area contributed by atoms with Gasteiger partial charge >= 0.3 is 0 Å².